The minimum absolute atomic E-state index is 0.152. The van der Waals surface area contributed by atoms with Crippen molar-refractivity contribution in [2.24, 2.45) is 0 Å². The van der Waals surface area contributed by atoms with Crippen LogP contribution in [0.3, 0.4) is 0 Å². The van der Waals surface area contributed by atoms with Gasteiger partial charge in [-0.2, -0.15) is 0 Å². The zero-order valence-electron chi connectivity index (χ0n) is 13.1. The van der Waals surface area contributed by atoms with E-state index in [0.29, 0.717) is 0 Å². The lowest BCUT2D eigenvalue weighted by atomic mass is 9.97. The maximum absolute atomic E-state index is 6.02. The van der Waals surface area contributed by atoms with Crippen LogP contribution in [0.2, 0.25) is 0 Å². The van der Waals surface area contributed by atoms with Crippen molar-refractivity contribution in [1.82, 2.24) is 10.2 Å². The molecule has 0 aromatic heterocycles. The first-order valence-electron chi connectivity index (χ1n) is 7.55. The van der Waals surface area contributed by atoms with E-state index in [1.165, 1.54) is 5.56 Å². The van der Waals surface area contributed by atoms with Gasteiger partial charge in [0.1, 0.15) is 5.75 Å². The Morgan fingerprint density at radius 3 is 2.95 bits per heavy atom. The Balaban J connectivity index is 2.36. The Kier molecular flexibility index (Phi) is 6.48. The molecule has 2 atom stereocenters. The molecule has 1 heterocycles. The van der Waals surface area contributed by atoms with Crippen LogP contribution in [-0.2, 0) is 4.74 Å². The van der Waals surface area contributed by atoms with E-state index in [0.717, 1.165) is 42.9 Å². The van der Waals surface area contributed by atoms with Gasteiger partial charge in [0, 0.05) is 17.6 Å². The first-order chi connectivity index (χ1) is 10.2. The van der Waals surface area contributed by atoms with Gasteiger partial charge in [0.2, 0.25) is 0 Å². The molecule has 1 fully saturated rings. The van der Waals surface area contributed by atoms with Gasteiger partial charge >= 0.3 is 0 Å². The molecule has 1 N–H and O–H groups in total. The lowest BCUT2D eigenvalue weighted by Gasteiger charge is -2.42. The van der Waals surface area contributed by atoms with E-state index in [2.05, 4.69) is 45.2 Å². The largest absolute Gasteiger partial charge is 0.497 e. The normalized spacial score (nSPS) is 23.2. The number of benzene rings is 1. The van der Waals surface area contributed by atoms with E-state index < -0.39 is 0 Å². The minimum Gasteiger partial charge on any atom is -0.497 e. The fourth-order valence-corrected chi connectivity index (χ4v) is 3.45. The van der Waals surface area contributed by atoms with E-state index in [-0.39, 0.29) is 12.1 Å². The second-order valence-electron chi connectivity index (χ2n) is 5.34. The molecule has 1 aromatic rings. The predicted molar refractivity (Wildman–Crippen MR) is 89.0 cm³/mol. The van der Waals surface area contributed by atoms with Crippen molar-refractivity contribution in [2.75, 3.05) is 40.4 Å². The van der Waals surface area contributed by atoms with E-state index in [4.69, 9.17) is 9.47 Å². The molecule has 2 rings (SSSR count). The summed E-state index contributed by atoms with van der Waals surface area (Å²) in [5.41, 5.74) is 1.24. The standard InChI is InChI=1S/C16H25BrN2O2/c1-4-7-19-8-9-21-15(11-18-2)16(19)13-10-12(20-3)5-6-14(13)17/h5-6,10,15-16,18H,4,7-9,11H2,1-3H3. The van der Waals surface area contributed by atoms with Gasteiger partial charge in [-0.05, 0) is 43.8 Å². The molecule has 0 aliphatic carbocycles. The number of halogens is 1. The first-order valence-corrected chi connectivity index (χ1v) is 8.34. The van der Waals surface area contributed by atoms with Crippen LogP contribution >= 0.6 is 15.9 Å². The summed E-state index contributed by atoms with van der Waals surface area (Å²) in [4.78, 5) is 2.52. The van der Waals surface area contributed by atoms with Crippen LogP contribution in [0.25, 0.3) is 0 Å². The summed E-state index contributed by atoms with van der Waals surface area (Å²) in [6, 6.07) is 6.41. The Bertz CT molecular complexity index is 438. The van der Waals surface area contributed by atoms with Gasteiger partial charge in [-0.25, -0.2) is 0 Å². The SMILES string of the molecule is CCCN1CCOC(CNC)C1c1cc(OC)ccc1Br. The maximum Gasteiger partial charge on any atom is 0.119 e. The van der Waals surface area contributed by atoms with Crippen molar-refractivity contribution in [3.05, 3.63) is 28.2 Å². The number of hydrogen-bond donors (Lipinski definition) is 1. The number of methoxy groups -OCH3 is 1. The van der Waals surface area contributed by atoms with Gasteiger partial charge in [-0.3, -0.25) is 4.90 Å². The summed E-state index contributed by atoms with van der Waals surface area (Å²) >= 11 is 3.69. The highest BCUT2D eigenvalue weighted by Gasteiger charge is 2.34. The summed E-state index contributed by atoms with van der Waals surface area (Å²) in [6.45, 7) is 5.92. The third-order valence-electron chi connectivity index (χ3n) is 3.89. The predicted octanol–water partition coefficient (Wildman–Crippen LogP) is 2.83. The number of rotatable bonds is 6. The van der Waals surface area contributed by atoms with Crippen molar-refractivity contribution in [3.63, 3.8) is 0 Å². The van der Waals surface area contributed by atoms with Crippen LogP contribution in [0.15, 0.2) is 22.7 Å². The fraction of sp³-hybridized carbons (Fsp3) is 0.625. The number of morpholine rings is 1. The molecular formula is C16H25BrN2O2. The van der Waals surface area contributed by atoms with Crippen molar-refractivity contribution in [3.8, 4) is 5.75 Å². The number of nitrogens with one attached hydrogen (secondary N) is 1. The summed E-state index contributed by atoms with van der Waals surface area (Å²) in [6.07, 6.45) is 1.29. The topological polar surface area (TPSA) is 33.7 Å². The average molecular weight is 357 g/mol. The summed E-state index contributed by atoms with van der Waals surface area (Å²) in [5.74, 6) is 0.887. The lowest BCUT2D eigenvalue weighted by Crippen LogP contribution is -2.49. The Labute approximate surface area is 135 Å². The fourth-order valence-electron chi connectivity index (χ4n) is 2.97. The van der Waals surface area contributed by atoms with Crippen LogP contribution in [-0.4, -0.2) is 51.4 Å². The maximum atomic E-state index is 6.02. The Morgan fingerprint density at radius 2 is 2.29 bits per heavy atom. The zero-order valence-corrected chi connectivity index (χ0v) is 14.6. The smallest absolute Gasteiger partial charge is 0.119 e. The molecule has 0 spiro atoms. The van der Waals surface area contributed by atoms with Gasteiger partial charge in [0.25, 0.3) is 0 Å². The quantitative estimate of drug-likeness (QED) is 0.849. The molecule has 1 aliphatic heterocycles. The third-order valence-corrected chi connectivity index (χ3v) is 4.62. The van der Waals surface area contributed by atoms with Gasteiger partial charge < -0.3 is 14.8 Å². The molecule has 118 valence electrons. The number of nitrogens with zero attached hydrogens (tertiary/aromatic N) is 1. The van der Waals surface area contributed by atoms with Gasteiger partial charge in [-0.15, -0.1) is 0 Å². The molecular weight excluding hydrogens is 332 g/mol. The zero-order chi connectivity index (χ0) is 15.2. The molecule has 2 unspecified atom stereocenters. The summed E-state index contributed by atoms with van der Waals surface area (Å²) < 4.78 is 12.5. The molecule has 5 heteroatoms. The molecule has 0 radical (unpaired) electrons. The van der Waals surface area contributed by atoms with Gasteiger partial charge in [0.15, 0.2) is 0 Å². The summed E-state index contributed by atoms with van der Waals surface area (Å²) in [7, 11) is 3.68. The molecule has 0 amide bonds. The van der Waals surface area contributed by atoms with E-state index in [1.54, 1.807) is 7.11 Å². The highest BCUT2D eigenvalue weighted by Crippen LogP contribution is 2.36. The highest BCUT2D eigenvalue weighted by molar-refractivity contribution is 9.10. The molecule has 1 aliphatic rings. The molecule has 1 aromatic carbocycles. The van der Waals surface area contributed by atoms with E-state index in [1.807, 2.05) is 13.1 Å². The van der Waals surface area contributed by atoms with Crippen molar-refractivity contribution in [2.45, 2.75) is 25.5 Å². The van der Waals surface area contributed by atoms with Crippen LogP contribution < -0.4 is 10.1 Å². The molecule has 4 nitrogen and oxygen atoms in total. The summed E-state index contributed by atoms with van der Waals surface area (Å²) in [5, 5.41) is 3.25. The number of hydrogen-bond acceptors (Lipinski definition) is 4. The average Bonchev–Trinajstić information content (AvgIpc) is 2.49. The highest BCUT2D eigenvalue weighted by atomic mass is 79.9. The molecule has 1 saturated heterocycles. The second kappa shape index (κ2) is 8.13. The molecule has 21 heavy (non-hydrogen) atoms. The van der Waals surface area contributed by atoms with Crippen LogP contribution in [0.1, 0.15) is 24.9 Å². The number of likely N-dealkylation sites (N-methyl/N-ethyl adjacent to an activating group) is 1. The van der Waals surface area contributed by atoms with Crippen molar-refractivity contribution >= 4 is 15.9 Å². The molecule has 0 bridgehead atoms. The Morgan fingerprint density at radius 1 is 1.48 bits per heavy atom. The minimum atomic E-state index is 0.152. The lowest BCUT2D eigenvalue weighted by molar-refractivity contribution is -0.0706. The number of ether oxygens (including phenoxy) is 2. The van der Waals surface area contributed by atoms with Gasteiger partial charge in [-0.1, -0.05) is 22.9 Å². The Hall–Kier alpha value is -0.620. The third kappa shape index (κ3) is 3.97. The molecule has 0 saturated carbocycles. The second-order valence-corrected chi connectivity index (χ2v) is 6.19. The van der Waals surface area contributed by atoms with Crippen LogP contribution in [0, 0.1) is 0 Å². The van der Waals surface area contributed by atoms with E-state index >= 15 is 0 Å². The first kappa shape index (κ1) is 16.7. The van der Waals surface area contributed by atoms with Crippen molar-refractivity contribution < 1.29 is 9.47 Å². The van der Waals surface area contributed by atoms with Crippen molar-refractivity contribution in [1.29, 1.82) is 0 Å². The van der Waals surface area contributed by atoms with E-state index in [9.17, 15) is 0 Å². The van der Waals surface area contributed by atoms with Crippen LogP contribution in [0.4, 0.5) is 0 Å². The monoisotopic (exact) mass is 356 g/mol. The van der Waals surface area contributed by atoms with Crippen LogP contribution in [0.5, 0.6) is 5.75 Å². The van der Waals surface area contributed by atoms with Gasteiger partial charge in [0.05, 0.1) is 25.9 Å².